The van der Waals surface area contributed by atoms with Crippen LogP contribution in [0, 0.1) is 0 Å². The summed E-state index contributed by atoms with van der Waals surface area (Å²) in [5, 5.41) is 4.98. The van der Waals surface area contributed by atoms with Gasteiger partial charge >= 0.3 is 11.9 Å². The van der Waals surface area contributed by atoms with E-state index in [1.165, 1.54) is 44.2 Å². The molecule has 2 amide bonds. The molecule has 0 fully saturated rings. The SMILES string of the molecule is C=CCNC(=O)[C@H](C)OC(=O)c1cccc(C(=O)O[C@H](C)C(=O)NCC=C)n1. The summed E-state index contributed by atoms with van der Waals surface area (Å²) in [5.41, 5.74) is -0.358. The van der Waals surface area contributed by atoms with Gasteiger partial charge in [0.05, 0.1) is 0 Å². The van der Waals surface area contributed by atoms with Crippen molar-refractivity contribution in [3.05, 3.63) is 54.9 Å². The minimum Gasteiger partial charge on any atom is -0.448 e. The van der Waals surface area contributed by atoms with Gasteiger partial charge in [0.2, 0.25) is 0 Å². The topological polar surface area (TPSA) is 124 Å². The Morgan fingerprint density at radius 3 is 1.68 bits per heavy atom. The molecule has 0 aromatic carbocycles. The molecule has 9 heteroatoms. The van der Waals surface area contributed by atoms with Gasteiger partial charge in [0.25, 0.3) is 11.8 Å². The van der Waals surface area contributed by atoms with Gasteiger partial charge in [-0.3, -0.25) is 9.59 Å². The predicted molar refractivity (Wildman–Crippen MR) is 100 cm³/mol. The van der Waals surface area contributed by atoms with Crippen molar-refractivity contribution in [2.75, 3.05) is 13.1 Å². The third-order valence-corrected chi connectivity index (χ3v) is 3.31. The van der Waals surface area contributed by atoms with Gasteiger partial charge in [0.15, 0.2) is 12.2 Å². The maximum absolute atomic E-state index is 12.1. The lowest BCUT2D eigenvalue weighted by Crippen LogP contribution is -2.36. The van der Waals surface area contributed by atoms with Crippen LogP contribution in [0.2, 0.25) is 0 Å². The Labute approximate surface area is 162 Å². The molecule has 150 valence electrons. The van der Waals surface area contributed by atoms with Crippen LogP contribution in [0.3, 0.4) is 0 Å². The van der Waals surface area contributed by atoms with Crippen LogP contribution < -0.4 is 10.6 Å². The lowest BCUT2D eigenvalue weighted by Gasteiger charge is -2.14. The number of ether oxygens (including phenoxy) is 2. The van der Waals surface area contributed by atoms with Crippen LogP contribution in [0.15, 0.2) is 43.5 Å². The van der Waals surface area contributed by atoms with Gasteiger partial charge in [-0.1, -0.05) is 18.2 Å². The quantitative estimate of drug-likeness (QED) is 0.447. The summed E-state index contributed by atoms with van der Waals surface area (Å²) in [5.74, 6) is -2.76. The highest BCUT2D eigenvalue weighted by molar-refractivity contribution is 5.94. The minimum absolute atomic E-state index is 0.179. The first kappa shape index (κ1) is 22.6. The molecule has 0 saturated heterocycles. The van der Waals surface area contributed by atoms with Crippen molar-refractivity contribution in [3.63, 3.8) is 0 Å². The van der Waals surface area contributed by atoms with Crippen molar-refractivity contribution in [2.45, 2.75) is 26.1 Å². The zero-order valence-corrected chi connectivity index (χ0v) is 15.8. The number of hydrogen-bond acceptors (Lipinski definition) is 7. The number of rotatable bonds is 10. The van der Waals surface area contributed by atoms with Crippen LogP contribution in [0.25, 0.3) is 0 Å². The standard InChI is InChI=1S/C19H23N3O6/c1-5-10-20-16(23)12(3)27-18(25)14-8-7-9-15(22-14)19(26)28-13(4)17(24)21-11-6-2/h5-9,12-13H,1-2,10-11H2,3-4H3,(H,20,23)(H,21,24)/t12-,13+. The molecule has 2 N–H and O–H groups in total. The van der Waals surface area contributed by atoms with Crippen LogP contribution in [0.5, 0.6) is 0 Å². The molecule has 1 rings (SSSR count). The van der Waals surface area contributed by atoms with Gasteiger partial charge in [-0.2, -0.15) is 0 Å². The lowest BCUT2D eigenvalue weighted by atomic mass is 10.3. The summed E-state index contributed by atoms with van der Waals surface area (Å²) in [6.07, 6.45) is 0.862. The van der Waals surface area contributed by atoms with Crippen LogP contribution in [0.4, 0.5) is 0 Å². The number of pyridine rings is 1. The first-order valence-electron chi connectivity index (χ1n) is 8.46. The number of nitrogens with one attached hydrogen (secondary N) is 2. The van der Waals surface area contributed by atoms with Crippen molar-refractivity contribution in [3.8, 4) is 0 Å². The van der Waals surface area contributed by atoms with Gasteiger partial charge in [0.1, 0.15) is 11.4 Å². The van der Waals surface area contributed by atoms with E-state index in [9.17, 15) is 19.2 Å². The molecule has 2 atom stereocenters. The molecule has 1 aromatic heterocycles. The molecular formula is C19H23N3O6. The smallest absolute Gasteiger partial charge is 0.357 e. The average Bonchev–Trinajstić information content (AvgIpc) is 2.69. The number of hydrogen-bond donors (Lipinski definition) is 2. The molecule has 0 aliphatic rings. The summed E-state index contributed by atoms with van der Waals surface area (Å²) in [6.45, 7) is 10.2. The number of nitrogens with zero attached hydrogens (tertiary/aromatic N) is 1. The highest BCUT2D eigenvalue weighted by atomic mass is 16.6. The van der Waals surface area contributed by atoms with E-state index >= 15 is 0 Å². The van der Waals surface area contributed by atoms with Crippen LogP contribution in [0.1, 0.15) is 34.8 Å². The van der Waals surface area contributed by atoms with Crippen molar-refractivity contribution in [1.82, 2.24) is 15.6 Å². The van der Waals surface area contributed by atoms with E-state index in [-0.39, 0.29) is 24.5 Å². The summed E-state index contributed by atoms with van der Waals surface area (Å²) < 4.78 is 10.0. The van der Waals surface area contributed by atoms with Gasteiger partial charge in [-0.05, 0) is 26.0 Å². The van der Waals surface area contributed by atoms with Crippen LogP contribution >= 0.6 is 0 Å². The Hall–Kier alpha value is -3.49. The monoisotopic (exact) mass is 389 g/mol. The van der Waals surface area contributed by atoms with Crippen molar-refractivity contribution in [2.24, 2.45) is 0 Å². The fourth-order valence-corrected chi connectivity index (χ4v) is 1.84. The van der Waals surface area contributed by atoms with Gasteiger partial charge in [-0.25, -0.2) is 14.6 Å². The molecule has 9 nitrogen and oxygen atoms in total. The highest BCUT2D eigenvalue weighted by Crippen LogP contribution is 2.07. The fourth-order valence-electron chi connectivity index (χ4n) is 1.84. The predicted octanol–water partition coefficient (Wildman–Crippen LogP) is 0.777. The molecular weight excluding hydrogens is 366 g/mol. The minimum atomic E-state index is -1.06. The number of aromatic nitrogens is 1. The van der Waals surface area contributed by atoms with E-state index < -0.39 is 36.0 Å². The normalized spacial score (nSPS) is 12.1. The maximum atomic E-state index is 12.1. The van der Waals surface area contributed by atoms with E-state index in [4.69, 9.17) is 9.47 Å². The second-order valence-electron chi connectivity index (χ2n) is 5.57. The average molecular weight is 389 g/mol. The second-order valence-corrected chi connectivity index (χ2v) is 5.57. The summed E-state index contributed by atoms with van der Waals surface area (Å²) in [4.78, 5) is 51.6. The van der Waals surface area contributed by atoms with Gasteiger partial charge in [-0.15, -0.1) is 13.2 Å². The molecule has 28 heavy (non-hydrogen) atoms. The fraction of sp³-hybridized carbons (Fsp3) is 0.316. The first-order valence-corrected chi connectivity index (χ1v) is 8.46. The third-order valence-electron chi connectivity index (χ3n) is 3.31. The number of carbonyl (C=O) groups is 4. The molecule has 0 spiro atoms. The Morgan fingerprint density at radius 2 is 1.32 bits per heavy atom. The highest BCUT2D eigenvalue weighted by Gasteiger charge is 2.22. The van der Waals surface area contributed by atoms with E-state index in [1.807, 2.05) is 0 Å². The van der Waals surface area contributed by atoms with E-state index in [1.54, 1.807) is 0 Å². The van der Waals surface area contributed by atoms with Crippen molar-refractivity contribution >= 4 is 23.8 Å². The second kappa shape index (κ2) is 11.3. The van der Waals surface area contributed by atoms with Crippen LogP contribution in [-0.2, 0) is 19.1 Å². The largest absolute Gasteiger partial charge is 0.448 e. The molecule has 0 aliphatic carbocycles. The molecule has 0 aliphatic heterocycles. The van der Waals surface area contributed by atoms with E-state index in [0.29, 0.717) is 0 Å². The van der Waals surface area contributed by atoms with Crippen molar-refractivity contribution in [1.29, 1.82) is 0 Å². The number of amides is 2. The van der Waals surface area contributed by atoms with E-state index in [2.05, 4.69) is 28.8 Å². The number of carbonyl (C=O) groups excluding carboxylic acids is 4. The Bertz CT molecular complexity index is 703. The number of esters is 2. The van der Waals surface area contributed by atoms with Gasteiger partial charge < -0.3 is 20.1 Å². The molecule has 0 saturated carbocycles. The van der Waals surface area contributed by atoms with E-state index in [0.717, 1.165) is 0 Å². The Balaban J connectivity index is 2.74. The van der Waals surface area contributed by atoms with Crippen molar-refractivity contribution < 1.29 is 28.7 Å². The molecule has 1 aromatic rings. The third kappa shape index (κ3) is 7.02. The Kier molecular flexibility index (Phi) is 9.08. The summed E-state index contributed by atoms with van der Waals surface area (Å²) in [7, 11) is 0. The molecule has 0 unspecified atom stereocenters. The maximum Gasteiger partial charge on any atom is 0.357 e. The van der Waals surface area contributed by atoms with Crippen LogP contribution in [-0.4, -0.2) is 54.0 Å². The summed E-state index contributed by atoms with van der Waals surface area (Å²) >= 11 is 0. The molecule has 1 heterocycles. The molecule has 0 radical (unpaired) electrons. The summed E-state index contributed by atoms with van der Waals surface area (Å²) in [6, 6.07) is 4.06. The zero-order chi connectivity index (χ0) is 21.1. The lowest BCUT2D eigenvalue weighted by molar-refractivity contribution is -0.129. The zero-order valence-electron chi connectivity index (χ0n) is 15.8. The first-order chi connectivity index (χ1) is 13.3. The molecule has 0 bridgehead atoms. The van der Waals surface area contributed by atoms with Gasteiger partial charge in [0, 0.05) is 13.1 Å². The Morgan fingerprint density at radius 1 is 0.929 bits per heavy atom.